The number of aliphatic hydroxyl groups excluding tert-OH is 1. The van der Waals surface area contributed by atoms with Crippen LogP contribution in [0, 0.1) is 11.8 Å². The molecular weight excluding hydrogens is 222 g/mol. The fourth-order valence-electron chi connectivity index (χ4n) is 1.58. The summed E-state index contributed by atoms with van der Waals surface area (Å²) in [6.07, 6.45) is 0.510. The van der Waals surface area contributed by atoms with Gasteiger partial charge in [-0.1, -0.05) is 36.1 Å². The lowest BCUT2D eigenvalue weighted by molar-refractivity contribution is 0.305. The van der Waals surface area contributed by atoms with Gasteiger partial charge < -0.3 is 10.4 Å². The van der Waals surface area contributed by atoms with Crippen LogP contribution in [0.1, 0.15) is 12.0 Å². The molecule has 2 rings (SSSR count). The third-order valence-electron chi connectivity index (χ3n) is 2.39. The Labute approximate surface area is 107 Å². The van der Waals surface area contributed by atoms with Crippen LogP contribution in [0.25, 0.3) is 0 Å². The molecule has 0 atom stereocenters. The van der Waals surface area contributed by atoms with E-state index >= 15 is 0 Å². The van der Waals surface area contributed by atoms with Crippen molar-refractivity contribution in [1.29, 1.82) is 0 Å². The monoisotopic (exact) mass is 237 g/mol. The maximum absolute atomic E-state index is 8.68. The Morgan fingerprint density at radius 1 is 0.944 bits per heavy atom. The normalized spacial score (nSPS) is 9.39. The smallest absolute Gasteiger partial charge is 0.0540 e. The van der Waals surface area contributed by atoms with Crippen molar-refractivity contribution in [3.63, 3.8) is 0 Å². The first-order chi connectivity index (χ1) is 8.88. The molecule has 0 aliphatic rings. The van der Waals surface area contributed by atoms with E-state index < -0.39 is 0 Å². The standard InChI is InChI=1S/C16H15NO/c18-12-5-4-7-14-8-6-11-16(13-14)17-15-9-2-1-3-10-15/h1-3,6,8-11,13,17-18H,5,12H2. The summed E-state index contributed by atoms with van der Waals surface area (Å²) in [5.41, 5.74) is 3.01. The Morgan fingerprint density at radius 3 is 2.50 bits per heavy atom. The predicted octanol–water partition coefficient (Wildman–Crippen LogP) is 3.16. The van der Waals surface area contributed by atoms with Gasteiger partial charge in [0, 0.05) is 23.4 Å². The molecule has 0 spiro atoms. The van der Waals surface area contributed by atoms with Crippen molar-refractivity contribution in [2.45, 2.75) is 6.42 Å². The van der Waals surface area contributed by atoms with E-state index in [0.29, 0.717) is 6.42 Å². The Morgan fingerprint density at radius 2 is 1.72 bits per heavy atom. The first kappa shape index (κ1) is 12.2. The van der Waals surface area contributed by atoms with Crippen molar-refractivity contribution in [3.05, 3.63) is 60.2 Å². The highest BCUT2D eigenvalue weighted by Crippen LogP contribution is 2.16. The second-order valence-corrected chi connectivity index (χ2v) is 3.85. The van der Waals surface area contributed by atoms with Gasteiger partial charge in [-0.3, -0.25) is 0 Å². The molecule has 0 aliphatic carbocycles. The second kappa shape index (κ2) is 6.48. The summed E-state index contributed by atoms with van der Waals surface area (Å²) in [5, 5.41) is 12.0. The average Bonchev–Trinajstić information content (AvgIpc) is 2.41. The van der Waals surface area contributed by atoms with Crippen molar-refractivity contribution in [2.75, 3.05) is 11.9 Å². The number of hydrogen-bond acceptors (Lipinski definition) is 2. The van der Waals surface area contributed by atoms with Gasteiger partial charge in [-0.05, 0) is 30.3 Å². The highest BCUT2D eigenvalue weighted by molar-refractivity contribution is 5.61. The largest absolute Gasteiger partial charge is 0.395 e. The van der Waals surface area contributed by atoms with Crippen LogP contribution in [-0.2, 0) is 0 Å². The van der Waals surface area contributed by atoms with E-state index in [1.165, 1.54) is 0 Å². The van der Waals surface area contributed by atoms with E-state index in [4.69, 9.17) is 5.11 Å². The van der Waals surface area contributed by atoms with Gasteiger partial charge in [0.1, 0.15) is 0 Å². The minimum Gasteiger partial charge on any atom is -0.395 e. The van der Waals surface area contributed by atoms with Gasteiger partial charge in [0.2, 0.25) is 0 Å². The van der Waals surface area contributed by atoms with Gasteiger partial charge in [-0.15, -0.1) is 0 Å². The first-order valence-electron chi connectivity index (χ1n) is 5.90. The molecule has 2 heteroatoms. The summed E-state index contributed by atoms with van der Waals surface area (Å²) in [6.45, 7) is 0.106. The molecule has 2 aromatic rings. The second-order valence-electron chi connectivity index (χ2n) is 3.85. The molecule has 0 aliphatic heterocycles. The Bertz CT molecular complexity index is 552. The molecule has 2 aromatic carbocycles. The predicted molar refractivity (Wildman–Crippen MR) is 74.7 cm³/mol. The number of para-hydroxylation sites is 1. The lowest BCUT2D eigenvalue weighted by Crippen LogP contribution is -1.89. The maximum Gasteiger partial charge on any atom is 0.0540 e. The number of aliphatic hydroxyl groups is 1. The third kappa shape index (κ3) is 3.65. The summed E-state index contributed by atoms with van der Waals surface area (Å²) in [5.74, 6) is 5.94. The van der Waals surface area contributed by atoms with Crippen LogP contribution in [0.3, 0.4) is 0 Å². The first-order valence-corrected chi connectivity index (χ1v) is 5.90. The molecule has 0 bridgehead atoms. The van der Waals surface area contributed by atoms with Gasteiger partial charge >= 0.3 is 0 Å². The van der Waals surface area contributed by atoms with E-state index in [9.17, 15) is 0 Å². The van der Waals surface area contributed by atoms with E-state index in [0.717, 1.165) is 16.9 Å². The Kier molecular flexibility index (Phi) is 4.40. The molecule has 0 fully saturated rings. The molecule has 0 saturated heterocycles. The van der Waals surface area contributed by atoms with Gasteiger partial charge in [-0.2, -0.15) is 0 Å². The van der Waals surface area contributed by atoms with E-state index in [-0.39, 0.29) is 6.61 Å². The van der Waals surface area contributed by atoms with Crippen LogP contribution >= 0.6 is 0 Å². The average molecular weight is 237 g/mol. The highest BCUT2D eigenvalue weighted by atomic mass is 16.2. The van der Waals surface area contributed by atoms with Crippen LogP contribution in [0.4, 0.5) is 11.4 Å². The fourth-order valence-corrected chi connectivity index (χ4v) is 1.58. The zero-order valence-electron chi connectivity index (χ0n) is 10.1. The molecule has 0 unspecified atom stereocenters. The van der Waals surface area contributed by atoms with Crippen LogP contribution in [0.15, 0.2) is 54.6 Å². The number of anilines is 2. The lowest BCUT2D eigenvalue weighted by atomic mass is 10.2. The van der Waals surface area contributed by atoms with E-state index in [1.807, 2.05) is 54.6 Å². The van der Waals surface area contributed by atoms with E-state index in [1.54, 1.807) is 0 Å². The topological polar surface area (TPSA) is 32.3 Å². The summed E-state index contributed by atoms with van der Waals surface area (Å²) >= 11 is 0. The van der Waals surface area contributed by atoms with Crippen molar-refractivity contribution >= 4 is 11.4 Å². The molecule has 2 N–H and O–H groups in total. The zero-order chi connectivity index (χ0) is 12.6. The van der Waals surface area contributed by atoms with Crippen molar-refractivity contribution in [1.82, 2.24) is 0 Å². The van der Waals surface area contributed by atoms with Gasteiger partial charge in [0.05, 0.1) is 6.61 Å². The molecule has 0 heterocycles. The molecular formula is C16H15NO. The van der Waals surface area contributed by atoms with Gasteiger partial charge in [0.25, 0.3) is 0 Å². The van der Waals surface area contributed by atoms with Crippen molar-refractivity contribution in [3.8, 4) is 11.8 Å². The van der Waals surface area contributed by atoms with Crippen LogP contribution in [0.5, 0.6) is 0 Å². The Hall–Kier alpha value is -2.24. The number of hydrogen-bond donors (Lipinski definition) is 2. The highest BCUT2D eigenvalue weighted by Gasteiger charge is 1.94. The molecule has 0 aromatic heterocycles. The number of rotatable bonds is 3. The van der Waals surface area contributed by atoms with Crippen molar-refractivity contribution < 1.29 is 5.11 Å². The zero-order valence-corrected chi connectivity index (χ0v) is 10.1. The Balaban J connectivity index is 2.11. The minimum atomic E-state index is 0.106. The minimum absolute atomic E-state index is 0.106. The van der Waals surface area contributed by atoms with Gasteiger partial charge in [-0.25, -0.2) is 0 Å². The van der Waals surface area contributed by atoms with E-state index in [2.05, 4.69) is 17.2 Å². The number of benzene rings is 2. The SMILES string of the molecule is OCCC#Cc1cccc(Nc2ccccc2)c1. The van der Waals surface area contributed by atoms with Gasteiger partial charge in [0.15, 0.2) is 0 Å². The molecule has 0 saturated carbocycles. The summed E-state index contributed by atoms with van der Waals surface area (Å²) in [4.78, 5) is 0. The molecule has 0 radical (unpaired) electrons. The van der Waals surface area contributed by atoms with Crippen molar-refractivity contribution in [2.24, 2.45) is 0 Å². The van der Waals surface area contributed by atoms with Crippen LogP contribution in [0.2, 0.25) is 0 Å². The molecule has 90 valence electrons. The lowest BCUT2D eigenvalue weighted by Gasteiger charge is -2.06. The molecule has 2 nitrogen and oxygen atoms in total. The summed E-state index contributed by atoms with van der Waals surface area (Å²) in [7, 11) is 0. The maximum atomic E-state index is 8.68. The van der Waals surface area contributed by atoms with Crippen LogP contribution < -0.4 is 5.32 Å². The fraction of sp³-hybridized carbons (Fsp3) is 0.125. The quantitative estimate of drug-likeness (QED) is 0.804. The molecule has 0 amide bonds. The summed E-state index contributed by atoms with van der Waals surface area (Å²) in [6, 6.07) is 17.9. The summed E-state index contributed by atoms with van der Waals surface area (Å²) < 4.78 is 0. The number of nitrogens with one attached hydrogen (secondary N) is 1. The molecule has 18 heavy (non-hydrogen) atoms. The third-order valence-corrected chi connectivity index (χ3v) is 2.39. The van der Waals surface area contributed by atoms with Crippen LogP contribution in [-0.4, -0.2) is 11.7 Å².